The lowest BCUT2D eigenvalue weighted by molar-refractivity contribution is 0.0580. The van der Waals surface area contributed by atoms with Gasteiger partial charge in [-0.05, 0) is 20.8 Å². The predicted octanol–water partition coefficient (Wildman–Crippen LogP) is 1.74. The summed E-state index contributed by atoms with van der Waals surface area (Å²) in [6.45, 7) is 5.16. The molecule has 1 aromatic rings. The minimum absolute atomic E-state index is 0.128. The van der Waals surface area contributed by atoms with E-state index in [4.69, 9.17) is 14.3 Å². The predicted molar refractivity (Wildman–Crippen MR) is 58.1 cm³/mol. The van der Waals surface area contributed by atoms with Crippen molar-refractivity contribution in [2.45, 2.75) is 26.4 Å². The molecule has 0 aliphatic carbocycles. The first-order valence-electron chi connectivity index (χ1n) is 4.86. The maximum atomic E-state index is 11.6. The number of hydrogen-bond donors (Lipinski definition) is 1. The third-order valence-electron chi connectivity index (χ3n) is 1.67. The molecular formula is C10H14N2O5. The van der Waals surface area contributed by atoms with Crippen molar-refractivity contribution in [2.75, 3.05) is 11.9 Å². The molecule has 7 heteroatoms. The molecule has 0 unspecified atom stereocenters. The number of anilines is 1. The molecule has 1 heterocycles. The summed E-state index contributed by atoms with van der Waals surface area (Å²) in [5, 5.41) is 8.65. The zero-order chi connectivity index (χ0) is 13.2. The van der Waals surface area contributed by atoms with Gasteiger partial charge in [-0.2, -0.15) is 4.98 Å². The summed E-state index contributed by atoms with van der Waals surface area (Å²) < 4.78 is 9.92. The number of nitrogens with zero attached hydrogens (tertiary/aromatic N) is 2. The summed E-state index contributed by atoms with van der Waals surface area (Å²) in [6.07, 6.45) is 0.287. The van der Waals surface area contributed by atoms with Gasteiger partial charge in [-0.1, -0.05) is 0 Å². The van der Waals surface area contributed by atoms with Crippen molar-refractivity contribution in [3.05, 3.63) is 12.0 Å². The number of carbonyl (C=O) groups excluding carboxylic acids is 1. The maximum absolute atomic E-state index is 11.6. The first-order valence-corrected chi connectivity index (χ1v) is 4.86. The molecule has 0 saturated carbocycles. The number of ether oxygens (including phenoxy) is 1. The molecule has 0 bridgehead atoms. The molecule has 7 nitrogen and oxygen atoms in total. The van der Waals surface area contributed by atoms with E-state index in [2.05, 4.69) is 4.98 Å². The molecule has 17 heavy (non-hydrogen) atoms. The Bertz CT molecular complexity index is 432. The number of carbonyl (C=O) groups is 2. The second-order valence-electron chi connectivity index (χ2n) is 4.36. The fraction of sp³-hybridized carbons (Fsp3) is 0.500. The van der Waals surface area contributed by atoms with Crippen molar-refractivity contribution >= 4 is 18.1 Å². The number of amides is 1. The van der Waals surface area contributed by atoms with Gasteiger partial charge in [0.05, 0.1) is 0 Å². The Hall–Kier alpha value is -2.05. The van der Waals surface area contributed by atoms with Gasteiger partial charge in [0.1, 0.15) is 11.9 Å². The topological polar surface area (TPSA) is 92.9 Å². The van der Waals surface area contributed by atoms with Gasteiger partial charge in [0.25, 0.3) is 0 Å². The standard InChI is InChI=1S/C10H14N2O5/c1-10(2,3)17-9(15)12(4)8-11-6(5-16-8)7(13)14/h5H,1-4H3,(H,13,14). The van der Waals surface area contributed by atoms with Crippen molar-refractivity contribution in [3.8, 4) is 0 Å². The number of oxazole rings is 1. The van der Waals surface area contributed by atoms with Crippen LogP contribution in [-0.2, 0) is 4.74 Å². The Morgan fingerprint density at radius 2 is 2.06 bits per heavy atom. The van der Waals surface area contributed by atoms with Crippen LogP contribution in [0.25, 0.3) is 0 Å². The van der Waals surface area contributed by atoms with Crippen LogP contribution in [0.3, 0.4) is 0 Å². The van der Waals surface area contributed by atoms with Crippen LogP contribution in [0.1, 0.15) is 31.3 Å². The van der Waals surface area contributed by atoms with Gasteiger partial charge in [0, 0.05) is 7.05 Å². The molecule has 1 rings (SSSR count). The SMILES string of the molecule is CN(C(=O)OC(C)(C)C)c1nc(C(=O)O)co1. The Kier molecular flexibility index (Phi) is 3.40. The molecule has 0 radical (unpaired) electrons. The average molecular weight is 242 g/mol. The van der Waals surface area contributed by atoms with Crippen LogP contribution in [0.5, 0.6) is 0 Å². The van der Waals surface area contributed by atoms with Crippen LogP contribution in [0.4, 0.5) is 10.8 Å². The molecule has 1 amide bonds. The molecule has 94 valence electrons. The normalized spacial score (nSPS) is 11.1. The number of aromatic carboxylic acids is 1. The zero-order valence-electron chi connectivity index (χ0n) is 10.1. The van der Waals surface area contributed by atoms with Crippen LogP contribution in [0, 0.1) is 0 Å². The van der Waals surface area contributed by atoms with Gasteiger partial charge in [0.15, 0.2) is 5.69 Å². The van der Waals surface area contributed by atoms with Gasteiger partial charge >= 0.3 is 18.1 Å². The van der Waals surface area contributed by atoms with Crippen molar-refractivity contribution in [1.29, 1.82) is 0 Å². The highest BCUT2D eigenvalue weighted by Gasteiger charge is 2.24. The highest BCUT2D eigenvalue weighted by Crippen LogP contribution is 2.16. The largest absolute Gasteiger partial charge is 0.476 e. The molecule has 0 atom stereocenters. The molecule has 1 aromatic heterocycles. The summed E-state index contributed by atoms with van der Waals surface area (Å²) in [5.41, 5.74) is -0.913. The number of hydrogen-bond acceptors (Lipinski definition) is 5. The summed E-state index contributed by atoms with van der Waals surface area (Å²) in [5.74, 6) is -1.22. The Morgan fingerprint density at radius 1 is 1.47 bits per heavy atom. The number of rotatable bonds is 2. The van der Waals surface area contributed by atoms with Crippen molar-refractivity contribution in [2.24, 2.45) is 0 Å². The Balaban J connectivity index is 2.78. The number of carboxylic acid groups (broad SMARTS) is 1. The quantitative estimate of drug-likeness (QED) is 0.849. The lowest BCUT2D eigenvalue weighted by atomic mass is 10.2. The molecule has 0 aromatic carbocycles. The monoisotopic (exact) mass is 242 g/mol. The van der Waals surface area contributed by atoms with Crippen molar-refractivity contribution < 1.29 is 23.8 Å². The Labute approximate surface area is 98.0 Å². The fourth-order valence-corrected chi connectivity index (χ4v) is 0.925. The van der Waals surface area contributed by atoms with E-state index in [0.29, 0.717) is 0 Å². The summed E-state index contributed by atoms with van der Waals surface area (Å²) in [7, 11) is 1.38. The minimum Gasteiger partial charge on any atom is -0.476 e. The van der Waals surface area contributed by atoms with E-state index in [0.717, 1.165) is 11.2 Å². The third kappa shape index (κ3) is 3.47. The van der Waals surface area contributed by atoms with Gasteiger partial charge in [-0.15, -0.1) is 0 Å². The lowest BCUT2D eigenvalue weighted by Gasteiger charge is -2.22. The van der Waals surface area contributed by atoms with E-state index in [1.165, 1.54) is 7.05 Å². The molecular weight excluding hydrogens is 228 g/mol. The molecule has 0 spiro atoms. The van der Waals surface area contributed by atoms with Crippen LogP contribution in [0.15, 0.2) is 10.7 Å². The van der Waals surface area contributed by atoms with Gasteiger partial charge < -0.3 is 14.3 Å². The van der Waals surface area contributed by atoms with E-state index in [1.54, 1.807) is 20.8 Å². The molecule has 1 N–H and O–H groups in total. The average Bonchev–Trinajstić information content (AvgIpc) is 2.62. The third-order valence-corrected chi connectivity index (χ3v) is 1.67. The zero-order valence-corrected chi connectivity index (χ0v) is 10.1. The van der Waals surface area contributed by atoms with Crippen LogP contribution >= 0.6 is 0 Å². The van der Waals surface area contributed by atoms with Gasteiger partial charge in [-0.25, -0.2) is 14.5 Å². The Morgan fingerprint density at radius 3 is 2.47 bits per heavy atom. The van der Waals surface area contributed by atoms with E-state index in [9.17, 15) is 9.59 Å². The maximum Gasteiger partial charge on any atom is 0.418 e. The summed E-state index contributed by atoms with van der Waals surface area (Å²) in [4.78, 5) is 26.8. The highest BCUT2D eigenvalue weighted by molar-refractivity contribution is 5.87. The minimum atomic E-state index is -1.22. The van der Waals surface area contributed by atoms with Crippen LogP contribution < -0.4 is 4.90 Å². The van der Waals surface area contributed by atoms with Crippen molar-refractivity contribution in [1.82, 2.24) is 4.98 Å². The van der Waals surface area contributed by atoms with E-state index >= 15 is 0 Å². The van der Waals surface area contributed by atoms with E-state index in [-0.39, 0.29) is 11.7 Å². The van der Waals surface area contributed by atoms with Gasteiger partial charge in [-0.3, -0.25) is 0 Å². The first-order chi connectivity index (χ1) is 7.70. The summed E-state index contributed by atoms with van der Waals surface area (Å²) >= 11 is 0. The highest BCUT2D eigenvalue weighted by atomic mass is 16.6. The second-order valence-corrected chi connectivity index (χ2v) is 4.36. The fourth-order valence-electron chi connectivity index (χ4n) is 0.925. The molecule has 0 saturated heterocycles. The number of carboxylic acids is 1. The second kappa shape index (κ2) is 4.44. The van der Waals surface area contributed by atoms with Crippen molar-refractivity contribution in [3.63, 3.8) is 0 Å². The smallest absolute Gasteiger partial charge is 0.418 e. The molecule has 0 aliphatic heterocycles. The van der Waals surface area contributed by atoms with Crippen LogP contribution in [0.2, 0.25) is 0 Å². The van der Waals surface area contributed by atoms with Crippen LogP contribution in [-0.4, -0.2) is 34.8 Å². The van der Waals surface area contributed by atoms with Gasteiger partial charge in [0.2, 0.25) is 0 Å². The lowest BCUT2D eigenvalue weighted by Crippen LogP contribution is -2.34. The number of aromatic nitrogens is 1. The summed E-state index contributed by atoms with van der Waals surface area (Å²) in [6, 6.07) is -0.128. The van der Waals surface area contributed by atoms with E-state index in [1.807, 2.05) is 0 Å². The van der Waals surface area contributed by atoms with E-state index < -0.39 is 17.7 Å². The first kappa shape index (κ1) is 13.0. The molecule has 0 aliphatic rings. The molecule has 0 fully saturated rings.